The summed E-state index contributed by atoms with van der Waals surface area (Å²) in [6.45, 7) is 9.65. The van der Waals surface area contributed by atoms with E-state index in [1.54, 1.807) is 0 Å². The highest BCUT2D eigenvalue weighted by molar-refractivity contribution is 5.76. The molecule has 1 aromatic rings. The van der Waals surface area contributed by atoms with E-state index in [2.05, 4.69) is 19.2 Å². The van der Waals surface area contributed by atoms with Crippen LogP contribution in [-0.4, -0.2) is 28.9 Å². The Labute approximate surface area is 140 Å². The van der Waals surface area contributed by atoms with Crippen LogP contribution in [-0.2, 0) is 16.0 Å². The molecule has 4 nitrogen and oxygen atoms in total. The molecule has 130 valence electrons. The molecule has 23 heavy (non-hydrogen) atoms. The van der Waals surface area contributed by atoms with Crippen LogP contribution in [0.5, 0.6) is 0 Å². The predicted molar refractivity (Wildman–Crippen MR) is 93.0 cm³/mol. The van der Waals surface area contributed by atoms with Gasteiger partial charge in [-0.3, -0.25) is 10.1 Å². The van der Waals surface area contributed by atoms with Crippen molar-refractivity contribution in [3.63, 3.8) is 0 Å². The quantitative estimate of drug-likeness (QED) is 0.570. The molecule has 0 radical (unpaired) electrons. The Balaban J connectivity index is 2.56. The van der Waals surface area contributed by atoms with Crippen LogP contribution < -0.4 is 5.32 Å². The molecular formula is C19H31NO3. The van der Waals surface area contributed by atoms with Gasteiger partial charge in [-0.2, -0.15) is 0 Å². The van der Waals surface area contributed by atoms with Crippen molar-refractivity contribution in [2.24, 2.45) is 5.92 Å². The second kappa shape index (κ2) is 9.04. The Bertz CT molecular complexity index is 465. The molecular weight excluding hydrogens is 290 g/mol. The predicted octanol–water partition coefficient (Wildman–Crippen LogP) is 3.28. The van der Waals surface area contributed by atoms with Crippen LogP contribution in [0.15, 0.2) is 30.3 Å². The maximum absolute atomic E-state index is 12.3. The fourth-order valence-corrected chi connectivity index (χ4v) is 2.34. The third kappa shape index (κ3) is 8.72. The molecule has 0 saturated carbocycles. The maximum Gasteiger partial charge on any atom is 0.323 e. The molecule has 0 fully saturated rings. The van der Waals surface area contributed by atoms with Crippen LogP contribution in [0.25, 0.3) is 0 Å². The van der Waals surface area contributed by atoms with Gasteiger partial charge in [0.05, 0.1) is 0 Å². The molecule has 1 aromatic carbocycles. The molecule has 1 rings (SSSR count). The van der Waals surface area contributed by atoms with Gasteiger partial charge in [0.15, 0.2) is 0 Å². The van der Waals surface area contributed by atoms with Gasteiger partial charge in [-0.05, 0) is 51.5 Å². The van der Waals surface area contributed by atoms with Gasteiger partial charge in [-0.1, -0.05) is 44.2 Å². The minimum absolute atomic E-state index is 0.301. The van der Waals surface area contributed by atoms with Crippen LogP contribution in [0.4, 0.5) is 0 Å². The topological polar surface area (TPSA) is 58.6 Å². The van der Waals surface area contributed by atoms with Crippen molar-refractivity contribution >= 4 is 5.97 Å². The van der Waals surface area contributed by atoms with Gasteiger partial charge in [0.2, 0.25) is 0 Å². The summed E-state index contributed by atoms with van der Waals surface area (Å²) in [4.78, 5) is 12.3. The average Bonchev–Trinajstić information content (AvgIpc) is 2.43. The lowest BCUT2D eigenvalue weighted by Gasteiger charge is -2.27. The average molecular weight is 321 g/mol. The number of ether oxygens (including phenoxy) is 1. The number of aliphatic hydroxyl groups is 1. The first-order valence-corrected chi connectivity index (χ1v) is 8.38. The van der Waals surface area contributed by atoms with Crippen LogP contribution >= 0.6 is 0 Å². The summed E-state index contributed by atoms with van der Waals surface area (Å²) < 4.78 is 5.45. The first kappa shape index (κ1) is 19.7. The molecule has 2 N–H and O–H groups in total. The Morgan fingerprint density at radius 1 is 1.22 bits per heavy atom. The van der Waals surface area contributed by atoms with Crippen LogP contribution in [0.1, 0.15) is 53.0 Å². The normalized spacial score (nSPS) is 14.6. The van der Waals surface area contributed by atoms with Gasteiger partial charge in [0.1, 0.15) is 17.9 Å². The van der Waals surface area contributed by atoms with E-state index < -0.39 is 17.9 Å². The van der Waals surface area contributed by atoms with Gasteiger partial charge < -0.3 is 9.84 Å². The third-order valence-corrected chi connectivity index (χ3v) is 3.34. The lowest BCUT2D eigenvalue weighted by atomic mass is 10.0. The Kier molecular flexibility index (Phi) is 7.73. The molecule has 0 aliphatic heterocycles. The number of benzene rings is 1. The van der Waals surface area contributed by atoms with Crippen LogP contribution in [0.3, 0.4) is 0 Å². The zero-order chi connectivity index (χ0) is 17.5. The highest BCUT2D eigenvalue weighted by atomic mass is 16.6. The first-order chi connectivity index (χ1) is 10.7. The molecule has 2 unspecified atom stereocenters. The van der Waals surface area contributed by atoms with Crippen molar-refractivity contribution in [3.8, 4) is 0 Å². The van der Waals surface area contributed by atoms with Crippen LogP contribution in [0.2, 0.25) is 0 Å². The van der Waals surface area contributed by atoms with E-state index >= 15 is 0 Å². The second-order valence-electron chi connectivity index (χ2n) is 7.42. The van der Waals surface area contributed by atoms with Gasteiger partial charge in [0, 0.05) is 0 Å². The van der Waals surface area contributed by atoms with E-state index in [-0.39, 0.29) is 5.97 Å². The SMILES string of the molecule is CC(C)CC(NC(O)CCc1ccccc1)C(=O)OC(C)(C)C. The summed E-state index contributed by atoms with van der Waals surface area (Å²) in [6.07, 6.45) is 1.22. The number of carbonyl (C=O) groups excluding carboxylic acids is 1. The Morgan fingerprint density at radius 2 is 1.83 bits per heavy atom. The molecule has 0 aromatic heterocycles. The molecule has 0 bridgehead atoms. The third-order valence-electron chi connectivity index (χ3n) is 3.34. The summed E-state index contributed by atoms with van der Waals surface area (Å²) in [5, 5.41) is 13.2. The lowest BCUT2D eigenvalue weighted by molar-refractivity contribution is -0.159. The van der Waals surface area contributed by atoms with Crippen molar-refractivity contribution in [2.45, 2.75) is 71.8 Å². The molecule has 0 aliphatic carbocycles. The van der Waals surface area contributed by atoms with E-state index in [1.165, 1.54) is 5.56 Å². The van der Waals surface area contributed by atoms with Crippen molar-refractivity contribution in [1.29, 1.82) is 0 Å². The summed E-state index contributed by atoms with van der Waals surface area (Å²) in [6, 6.07) is 9.52. The van der Waals surface area contributed by atoms with E-state index in [0.717, 1.165) is 6.42 Å². The number of aliphatic hydroxyl groups excluding tert-OH is 1. The van der Waals surface area contributed by atoms with E-state index in [9.17, 15) is 9.90 Å². The molecule has 2 atom stereocenters. The lowest BCUT2D eigenvalue weighted by Crippen LogP contribution is -2.46. The molecule has 0 amide bonds. The van der Waals surface area contributed by atoms with E-state index in [1.807, 2.05) is 51.1 Å². The minimum Gasteiger partial charge on any atom is -0.459 e. The van der Waals surface area contributed by atoms with Gasteiger partial charge >= 0.3 is 5.97 Å². The molecule has 0 saturated heterocycles. The standard InChI is InChI=1S/C19H31NO3/c1-14(2)13-16(18(22)23-19(3,4)5)20-17(21)12-11-15-9-7-6-8-10-15/h6-10,14,16-17,20-21H,11-13H2,1-5H3. The van der Waals surface area contributed by atoms with Crippen molar-refractivity contribution in [1.82, 2.24) is 5.32 Å². The van der Waals surface area contributed by atoms with Gasteiger partial charge in [-0.15, -0.1) is 0 Å². The maximum atomic E-state index is 12.3. The summed E-state index contributed by atoms with van der Waals surface area (Å²) in [5.41, 5.74) is 0.647. The van der Waals surface area contributed by atoms with Gasteiger partial charge in [0.25, 0.3) is 0 Å². The number of hydrogen-bond donors (Lipinski definition) is 2. The molecule has 0 spiro atoms. The van der Waals surface area contributed by atoms with Crippen molar-refractivity contribution in [3.05, 3.63) is 35.9 Å². The molecule has 0 aliphatic rings. The Morgan fingerprint density at radius 3 is 2.35 bits per heavy atom. The molecule has 4 heteroatoms. The molecule has 0 heterocycles. The second-order valence-corrected chi connectivity index (χ2v) is 7.42. The van der Waals surface area contributed by atoms with Gasteiger partial charge in [-0.25, -0.2) is 0 Å². The van der Waals surface area contributed by atoms with Crippen LogP contribution in [0, 0.1) is 5.92 Å². The monoisotopic (exact) mass is 321 g/mol. The Hall–Kier alpha value is -1.39. The number of hydrogen-bond acceptors (Lipinski definition) is 4. The number of nitrogens with one attached hydrogen (secondary N) is 1. The fraction of sp³-hybridized carbons (Fsp3) is 0.632. The first-order valence-electron chi connectivity index (χ1n) is 8.38. The highest BCUT2D eigenvalue weighted by Crippen LogP contribution is 2.14. The summed E-state index contributed by atoms with van der Waals surface area (Å²) >= 11 is 0. The minimum atomic E-state index is -0.730. The van der Waals surface area contributed by atoms with Crippen molar-refractivity contribution in [2.75, 3.05) is 0 Å². The van der Waals surface area contributed by atoms with E-state index in [4.69, 9.17) is 4.74 Å². The zero-order valence-corrected chi connectivity index (χ0v) is 15.0. The summed E-state index contributed by atoms with van der Waals surface area (Å²) in [7, 11) is 0. The fourth-order valence-electron chi connectivity index (χ4n) is 2.34. The number of esters is 1. The number of rotatable bonds is 8. The highest BCUT2D eigenvalue weighted by Gasteiger charge is 2.27. The van der Waals surface area contributed by atoms with E-state index in [0.29, 0.717) is 18.8 Å². The smallest absolute Gasteiger partial charge is 0.323 e. The van der Waals surface area contributed by atoms with Crippen molar-refractivity contribution < 1.29 is 14.6 Å². The zero-order valence-electron chi connectivity index (χ0n) is 15.0. The number of aryl methyl sites for hydroxylation is 1. The summed E-state index contributed by atoms with van der Waals surface area (Å²) in [5.74, 6) is 0.0336. The number of carbonyl (C=O) groups is 1. The largest absolute Gasteiger partial charge is 0.459 e.